The lowest BCUT2D eigenvalue weighted by atomic mass is 9.88. The first-order chi connectivity index (χ1) is 12.4. The molecular formula is C19H23NO5S. The van der Waals surface area contributed by atoms with Crippen LogP contribution in [0.15, 0.2) is 11.1 Å². The molecule has 0 aliphatic heterocycles. The predicted octanol–water partition coefficient (Wildman–Crippen LogP) is 3.55. The molecule has 0 bridgehead atoms. The highest BCUT2D eigenvalue weighted by Crippen LogP contribution is 2.40. The van der Waals surface area contributed by atoms with E-state index in [4.69, 9.17) is 4.74 Å². The zero-order chi connectivity index (χ0) is 18.8. The van der Waals surface area contributed by atoms with Crippen LogP contribution in [-0.4, -0.2) is 30.1 Å². The molecule has 1 heterocycles. The van der Waals surface area contributed by atoms with Crippen LogP contribution in [0.3, 0.4) is 0 Å². The number of carboxylic acid groups (broad SMARTS) is 1. The Hall–Kier alpha value is -2.15. The Balaban J connectivity index is 1.95. The SMILES string of the molecule is COC(=O)c1c(NC(=O)C2=C(C(=O)O)CCCC2)sc2c1CCC(C)C2. The van der Waals surface area contributed by atoms with Crippen molar-refractivity contribution >= 4 is 34.2 Å². The topological polar surface area (TPSA) is 92.7 Å². The molecule has 7 heteroatoms. The number of carboxylic acids is 1. The van der Waals surface area contributed by atoms with Gasteiger partial charge in [0.2, 0.25) is 0 Å². The minimum absolute atomic E-state index is 0.184. The summed E-state index contributed by atoms with van der Waals surface area (Å²) in [4.78, 5) is 37.6. The Morgan fingerprint density at radius 3 is 2.50 bits per heavy atom. The van der Waals surface area contributed by atoms with E-state index in [2.05, 4.69) is 12.2 Å². The Labute approximate surface area is 156 Å². The molecular weight excluding hydrogens is 354 g/mol. The Morgan fingerprint density at radius 1 is 1.15 bits per heavy atom. The maximum atomic E-state index is 12.7. The van der Waals surface area contributed by atoms with E-state index in [-0.39, 0.29) is 5.57 Å². The van der Waals surface area contributed by atoms with Crippen molar-refractivity contribution < 1.29 is 24.2 Å². The number of aliphatic carboxylic acids is 1. The summed E-state index contributed by atoms with van der Waals surface area (Å²) in [6.07, 6.45) is 5.08. The summed E-state index contributed by atoms with van der Waals surface area (Å²) < 4.78 is 4.92. The largest absolute Gasteiger partial charge is 0.478 e. The minimum Gasteiger partial charge on any atom is -0.478 e. The fraction of sp³-hybridized carbons (Fsp3) is 0.526. The molecule has 0 spiro atoms. The maximum Gasteiger partial charge on any atom is 0.341 e. The maximum absolute atomic E-state index is 12.7. The number of esters is 1. The molecule has 0 saturated carbocycles. The summed E-state index contributed by atoms with van der Waals surface area (Å²) in [6.45, 7) is 2.17. The summed E-state index contributed by atoms with van der Waals surface area (Å²) in [5.41, 5.74) is 1.90. The fourth-order valence-electron chi connectivity index (χ4n) is 3.73. The third-order valence-electron chi connectivity index (χ3n) is 5.13. The highest BCUT2D eigenvalue weighted by Gasteiger charge is 2.30. The minimum atomic E-state index is -1.04. The predicted molar refractivity (Wildman–Crippen MR) is 98.6 cm³/mol. The highest BCUT2D eigenvalue weighted by molar-refractivity contribution is 7.17. The van der Waals surface area contributed by atoms with Crippen LogP contribution in [0.2, 0.25) is 0 Å². The zero-order valence-corrected chi connectivity index (χ0v) is 15.8. The average molecular weight is 377 g/mol. The van der Waals surface area contributed by atoms with Crippen LogP contribution in [0.5, 0.6) is 0 Å². The van der Waals surface area contributed by atoms with Crippen LogP contribution in [0.4, 0.5) is 5.00 Å². The van der Waals surface area contributed by atoms with Gasteiger partial charge in [0.05, 0.1) is 12.7 Å². The lowest BCUT2D eigenvalue weighted by molar-refractivity contribution is -0.133. The van der Waals surface area contributed by atoms with Gasteiger partial charge in [-0.2, -0.15) is 0 Å². The molecule has 3 rings (SSSR count). The molecule has 0 aromatic carbocycles. The van der Waals surface area contributed by atoms with Gasteiger partial charge in [-0.15, -0.1) is 11.3 Å². The van der Waals surface area contributed by atoms with Gasteiger partial charge in [-0.1, -0.05) is 6.92 Å². The van der Waals surface area contributed by atoms with Crippen LogP contribution in [0.1, 0.15) is 59.8 Å². The Bertz CT molecular complexity index is 792. The fourth-order valence-corrected chi connectivity index (χ4v) is 5.12. The van der Waals surface area contributed by atoms with Crippen LogP contribution >= 0.6 is 11.3 Å². The normalized spacial score (nSPS) is 19.7. The molecule has 1 atom stereocenters. The summed E-state index contributed by atoms with van der Waals surface area (Å²) in [5, 5.41) is 12.6. The molecule has 1 aromatic rings. The van der Waals surface area contributed by atoms with E-state index in [0.29, 0.717) is 34.9 Å². The van der Waals surface area contributed by atoms with Crippen LogP contribution < -0.4 is 5.32 Å². The first-order valence-corrected chi connectivity index (χ1v) is 9.73. The molecule has 26 heavy (non-hydrogen) atoms. The molecule has 2 aliphatic rings. The molecule has 1 amide bonds. The van der Waals surface area contributed by atoms with Gasteiger partial charge in [-0.3, -0.25) is 4.79 Å². The van der Waals surface area contributed by atoms with Crippen molar-refractivity contribution in [3.63, 3.8) is 0 Å². The Kier molecular flexibility index (Phi) is 5.46. The van der Waals surface area contributed by atoms with Crippen molar-refractivity contribution in [2.45, 2.75) is 51.9 Å². The van der Waals surface area contributed by atoms with Gasteiger partial charge >= 0.3 is 11.9 Å². The molecule has 0 radical (unpaired) electrons. The zero-order valence-electron chi connectivity index (χ0n) is 15.0. The van der Waals surface area contributed by atoms with Crippen LogP contribution in [0, 0.1) is 5.92 Å². The number of carbonyl (C=O) groups excluding carboxylic acids is 2. The number of anilines is 1. The number of carbonyl (C=O) groups is 3. The van der Waals surface area contributed by atoms with Crippen LogP contribution in [0.25, 0.3) is 0 Å². The van der Waals surface area contributed by atoms with Crippen molar-refractivity contribution in [2.75, 3.05) is 12.4 Å². The lowest BCUT2D eigenvalue weighted by Crippen LogP contribution is -2.22. The highest BCUT2D eigenvalue weighted by atomic mass is 32.1. The molecule has 0 saturated heterocycles. The number of amides is 1. The summed E-state index contributed by atoms with van der Waals surface area (Å²) in [5.74, 6) is -1.38. The van der Waals surface area contributed by atoms with Gasteiger partial charge in [-0.05, 0) is 56.4 Å². The third-order valence-corrected chi connectivity index (χ3v) is 6.30. The first-order valence-electron chi connectivity index (χ1n) is 8.91. The van der Waals surface area contributed by atoms with Gasteiger partial charge in [0.25, 0.3) is 5.91 Å². The smallest absolute Gasteiger partial charge is 0.341 e. The van der Waals surface area contributed by atoms with E-state index >= 15 is 0 Å². The van der Waals surface area contributed by atoms with Gasteiger partial charge in [0.1, 0.15) is 5.00 Å². The number of rotatable bonds is 4. The number of nitrogens with one attached hydrogen (secondary N) is 1. The number of thiophene rings is 1. The monoisotopic (exact) mass is 377 g/mol. The number of hydrogen-bond acceptors (Lipinski definition) is 5. The van der Waals surface area contributed by atoms with E-state index in [9.17, 15) is 19.5 Å². The van der Waals surface area contributed by atoms with Crippen molar-refractivity contribution in [3.05, 3.63) is 27.2 Å². The third kappa shape index (κ3) is 3.53. The summed E-state index contributed by atoms with van der Waals surface area (Å²) in [7, 11) is 1.33. The molecule has 140 valence electrons. The van der Waals surface area contributed by atoms with Gasteiger partial charge in [0.15, 0.2) is 0 Å². The van der Waals surface area contributed by atoms with E-state index < -0.39 is 17.8 Å². The lowest BCUT2D eigenvalue weighted by Gasteiger charge is -2.18. The molecule has 2 N–H and O–H groups in total. The number of fused-ring (bicyclic) bond motifs is 1. The second-order valence-electron chi connectivity index (χ2n) is 6.97. The Morgan fingerprint density at radius 2 is 1.85 bits per heavy atom. The van der Waals surface area contributed by atoms with Gasteiger partial charge in [-0.25, -0.2) is 9.59 Å². The molecule has 1 unspecified atom stereocenters. The first kappa shape index (κ1) is 18.6. The number of ether oxygens (including phenoxy) is 1. The number of hydrogen-bond donors (Lipinski definition) is 2. The standard InChI is InChI=1S/C19H23NO5S/c1-10-7-8-13-14(9-10)26-17(15(13)19(24)25-2)20-16(21)11-5-3-4-6-12(11)18(22)23/h10H,3-9H2,1-2H3,(H,20,21)(H,22,23). The second-order valence-corrected chi connectivity index (χ2v) is 8.08. The van der Waals surface area contributed by atoms with Crippen molar-refractivity contribution in [1.29, 1.82) is 0 Å². The second kappa shape index (κ2) is 7.61. The van der Waals surface area contributed by atoms with E-state index in [1.807, 2.05) is 0 Å². The summed E-state index contributed by atoms with van der Waals surface area (Å²) >= 11 is 1.41. The number of methoxy groups -OCH3 is 1. The van der Waals surface area contributed by atoms with Gasteiger partial charge in [0, 0.05) is 16.0 Å². The molecule has 6 nitrogen and oxygen atoms in total. The van der Waals surface area contributed by atoms with E-state index in [0.717, 1.165) is 42.5 Å². The van der Waals surface area contributed by atoms with Crippen molar-refractivity contribution in [2.24, 2.45) is 5.92 Å². The van der Waals surface area contributed by atoms with Crippen LogP contribution in [-0.2, 0) is 27.2 Å². The molecule has 2 aliphatic carbocycles. The molecule has 1 aromatic heterocycles. The quantitative estimate of drug-likeness (QED) is 0.783. The van der Waals surface area contributed by atoms with Crippen molar-refractivity contribution in [1.82, 2.24) is 0 Å². The molecule has 0 fully saturated rings. The van der Waals surface area contributed by atoms with Crippen molar-refractivity contribution in [3.8, 4) is 0 Å². The average Bonchev–Trinajstić information content (AvgIpc) is 2.97. The van der Waals surface area contributed by atoms with E-state index in [1.54, 1.807) is 0 Å². The van der Waals surface area contributed by atoms with E-state index in [1.165, 1.54) is 18.4 Å². The summed E-state index contributed by atoms with van der Waals surface area (Å²) in [6, 6.07) is 0. The van der Waals surface area contributed by atoms with Gasteiger partial charge < -0.3 is 15.2 Å².